The Bertz CT molecular complexity index is 730. The molecule has 0 unspecified atom stereocenters. The summed E-state index contributed by atoms with van der Waals surface area (Å²) >= 11 is 0. The van der Waals surface area contributed by atoms with Gasteiger partial charge in [-0.15, -0.1) is 0 Å². The van der Waals surface area contributed by atoms with Gasteiger partial charge in [0.05, 0.1) is 19.1 Å². The predicted octanol–water partition coefficient (Wildman–Crippen LogP) is 3.30. The van der Waals surface area contributed by atoms with Gasteiger partial charge in [-0.1, -0.05) is 12.1 Å². The van der Waals surface area contributed by atoms with Crippen molar-refractivity contribution >= 4 is 22.8 Å². The number of aliphatic carboxylic acids is 1. The fourth-order valence-electron chi connectivity index (χ4n) is 2.68. The Balaban J connectivity index is 2.21. The largest absolute Gasteiger partial charge is 0.481 e. The maximum Gasteiger partial charge on any atom is 0.305 e. The molecule has 1 amide bonds. The maximum absolute atomic E-state index is 12.6. The number of carboxylic acids is 1. The first kappa shape index (κ1) is 17.1. The minimum absolute atomic E-state index is 0.0380. The van der Waals surface area contributed by atoms with Crippen LogP contribution in [0.25, 0.3) is 11.0 Å². The van der Waals surface area contributed by atoms with Gasteiger partial charge in [-0.25, -0.2) is 0 Å². The molecule has 0 radical (unpaired) electrons. The third kappa shape index (κ3) is 3.73. The van der Waals surface area contributed by atoms with Gasteiger partial charge in [-0.2, -0.15) is 0 Å². The fourth-order valence-corrected chi connectivity index (χ4v) is 2.68. The molecular weight excluding hydrogens is 294 g/mol. The smallest absolute Gasteiger partial charge is 0.305 e. The van der Waals surface area contributed by atoms with Crippen molar-refractivity contribution in [2.75, 3.05) is 6.54 Å². The van der Waals surface area contributed by atoms with Gasteiger partial charge in [0.25, 0.3) is 0 Å². The van der Waals surface area contributed by atoms with Gasteiger partial charge in [-0.3, -0.25) is 9.59 Å². The van der Waals surface area contributed by atoms with Crippen molar-refractivity contribution in [3.63, 3.8) is 0 Å². The number of nitrogens with zero attached hydrogens (tertiary/aromatic N) is 1. The molecule has 5 heteroatoms. The van der Waals surface area contributed by atoms with E-state index < -0.39 is 5.97 Å². The van der Waals surface area contributed by atoms with Crippen molar-refractivity contribution in [3.05, 3.63) is 35.1 Å². The van der Waals surface area contributed by atoms with Gasteiger partial charge in [0.2, 0.25) is 5.91 Å². The second-order valence-corrected chi connectivity index (χ2v) is 6.15. The van der Waals surface area contributed by atoms with Crippen LogP contribution in [0.15, 0.2) is 22.8 Å². The lowest BCUT2D eigenvalue weighted by atomic mass is 10.0. The van der Waals surface area contributed by atoms with E-state index in [9.17, 15) is 9.59 Å². The predicted molar refractivity (Wildman–Crippen MR) is 88.5 cm³/mol. The summed E-state index contributed by atoms with van der Waals surface area (Å²) in [6.07, 6.45) is 1.80. The summed E-state index contributed by atoms with van der Waals surface area (Å²) in [6.45, 7) is 8.02. The van der Waals surface area contributed by atoms with E-state index in [4.69, 9.17) is 9.52 Å². The minimum atomic E-state index is -0.900. The van der Waals surface area contributed by atoms with Crippen LogP contribution in [0, 0.1) is 13.8 Å². The molecule has 0 spiro atoms. The van der Waals surface area contributed by atoms with Crippen LogP contribution in [-0.4, -0.2) is 34.5 Å². The van der Waals surface area contributed by atoms with E-state index in [2.05, 4.69) is 0 Å². The van der Waals surface area contributed by atoms with E-state index in [0.717, 1.165) is 27.7 Å². The molecule has 1 aromatic carbocycles. The molecule has 5 nitrogen and oxygen atoms in total. The van der Waals surface area contributed by atoms with Gasteiger partial charge < -0.3 is 14.4 Å². The molecule has 0 saturated carbocycles. The van der Waals surface area contributed by atoms with Gasteiger partial charge >= 0.3 is 5.97 Å². The van der Waals surface area contributed by atoms with Crippen LogP contribution < -0.4 is 0 Å². The molecule has 0 aliphatic heterocycles. The first-order valence-electron chi connectivity index (χ1n) is 7.78. The van der Waals surface area contributed by atoms with E-state index in [1.807, 2.05) is 39.8 Å². The summed E-state index contributed by atoms with van der Waals surface area (Å²) < 4.78 is 5.64. The Morgan fingerprint density at radius 1 is 1.26 bits per heavy atom. The van der Waals surface area contributed by atoms with Crippen molar-refractivity contribution in [1.82, 2.24) is 4.90 Å². The van der Waals surface area contributed by atoms with Gasteiger partial charge in [0, 0.05) is 23.5 Å². The molecule has 0 saturated heterocycles. The molecule has 1 N–H and O–H groups in total. The van der Waals surface area contributed by atoms with E-state index in [1.54, 1.807) is 11.2 Å². The normalized spacial score (nSPS) is 11.2. The average molecular weight is 317 g/mol. The summed E-state index contributed by atoms with van der Waals surface area (Å²) in [4.78, 5) is 24.9. The quantitative estimate of drug-likeness (QED) is 0.887. The third-order valence-corrected chi connectivity index (χ3v) is 4.19. The van der Waals surface area contributed by atoms with Crippen LogP contribution in [0.2, 0.25) is 0 Å². The molecule has 124 valence electrons. The molecule has 23 heavy (non-hydrogen) atoms. The molecule has 0 aliphatic carbocycles. The average Bonchev–Trinajstić information content (AvgIpc) is 2.86. The molecule has 0 aliphatic rings. The molecule has 1 aromatic heterocycles. The summed E-state index contributed by atoms with van der Waals surface area (Å²) in [5.74, 6) is -0.981. The highest BCUT2D eigenvalue weighted by atomic mass is 16.4. The molecule has 1 heterocycles. The van der Waals surface area contributed by atoms with Gasteiger partial charge in [0.1, 0.15) is 5.58 Å². The highest BCUT2D eigenvalue weighted by Crippen LogP contribution is 2.27. The number of benzene rings is 1. The second kappa shape index (κ2) is 6.86. The zero-order valence-electron chi connectivity index (χ0n) is 14.0. The van der Waals surface area contributed by atoms with Crippen LogP contribution in [0.5, 0.6) is 0 Å². The summed E-state index contributed by atoms with van der Waals surface area (Å²) in [5.41, 5.74) is 3.88. The van der Waals surface area contributed by atoms with Crippen LogP contribution in [0.3, 0.4) is 0 Å². The number of rotatable bonds is 6. The lowest BCUT2D eigenvalue weighted by Crippen LogP contribution is -2.39. The van der Waals surface area contributed by atoms with E-state index >= 15 is 0 Å². The summed E-state index contributed by atoms with van der Waals surface area (Å²) in [7, 11) is 0. The Kier molecular flexibility index (Phi) is 5.08. The van der Waals surface area contributed by atoms with Crippen LogP contribution in [-0.2, 0) is 16.0 Å². The second-order valence-electron chi connectivity index (χ2n) is 6.15. The van der Waals surface area contributed by atoms with Crippen LogP contribution in [0.4, 0.5) is 0 Å². The van der Waals surface area contributed by atoms with Crippen LogP contribution >= 0.6 is 0 Å². The number of hydrogen-bond donors (Lipinski definition) is 1. The first-order valence-corrected chi connectivity index (χ1v) is 7.78. The molecule has 2 aromatic rings. The Hall–Kier alpha value is -2.30. The third-order valence-electron chi connectivity index (χ3n) is 4.19. The van der Waals surface area contributed by atoms with Crippen LogP contribution in [0.1, 0.15) is 37.0 Å². The highest BCUT2D eigenvalue weighted by Gasteiger charge is 2.20. The zero-order valence-corrected chi connectivity index (χ0v) is 14.0. The maximum atomic E-state index is 12.6. The van der Waals surface area contributed by atoms with Crippen molar-refractivity contribution < 1.29 is 19.1 Å². The van der Waals surface area contributed by atoms with Gasteiger partial charge in [0.15, 0.2) is 0 Å². The van der Waals surface area contributed by atoms with Crippen molar-refractivity contribution in [1.29, 1.82) is 0 Å². The summed E-state index contributed by atoms with van der Waals surface area (Å²) in [6, 6.07) is 3.95. The molecule has 0 fully saturated rings. The minimum Gasteiger partial charge on any atom is -0.481 e. The zero-order chi connectivity index (χ0) is 17.1. The lowest BCUT2D eigenvalue weighted by molar-refractivity contribution is -0.139. The number of carbonyl (C=O) groups is 2. The lowest BCUT2D eigenvalue weighted by Gasteiger charge is -2.26. The van der Waals surface area contributed by atoms with E-state index in [-0.39, 0.29) is 31.3 Å². The number of amides is 1. The van der Waals surface area contributed by atoms with Crippen molar-refractivity contribution in [3.8, 4) is 0 Å². The Morgan fingerprint density at radius 3 is 2.57 bits per heavy atom. The number of aryl methyl sites for hydroxylation is 2. The highest BCUT2D eigenvalue weighted by molar-refractivity contribution is 5.89. The first-order chi connectivity index (χ1) is 10.8. The Morgan fingerprint density at radius 2 is 1.96 bits per heavy atom. The number of fused-ring (bicyclic) bond motifs is 1. The van der Waals surface area contributed by atoms with Crippen molar-refractivity contribution in [2.45, 2.75) is 46.6 Å². The number of furan rings is 1. The summed E-state index contributed by atoms with van der Waals surface area (Å²) in [5, 5.41) is 9.78. The van der Waals surface area contributed by atoms with E-state index in [1.165, 1.54) is 0 Å². The van der Waals surface area contributed by atoms with Crippen molar-refractivity contribution in [2.24, 2.45) is 0 Å². The van der Waals surface area contributed by atoms with E-state index in [0.29, 0.717) is 0 Å². The molecule has 0 atom stereocenters. The number of carboxylic acid groups (broad SMARTS) is 1. The Labute approximate surface area is 135 Å². The fraction of sp³-hybridized carbons (Fsp3) is 0.444. The molecular formula is C18H23NO4. The number of hydrogen-bond acceptors (Lipinski definition) is 3. The SMILES string of the molecule is Cc1ccc2c(CC(=O)N(CCC(=O)O)C(C)C)coc2c1C. The monoisotopic (exact) mass is 317 g/mol. The van der Waals surface area contributed by atoms with Gasteiger partial charge in [-0.05, 0) is 38.8 Å². The topological polar surface area (TPSA) is 70.8 Å². The molecule has 0 bridgehead atoms. The standard InChI is InChI=1S/C18H23NO4/c1-11(2)19(8-7-17(21)22)16(20)9-14-10-23-18-13(4)12(3)5-6-15(14)18/h5-6,10-11H,7-9H2,1-4H3,(H,21,22). The molecule has 2 rings (SSSR count). The number of carbonyl (C=O) groups excluding carboxylic acids is 1.